The average molecular weight is 440 g/mol. The minimum Gasteiger partial charge on any atom is -0.338 e. The quantitative estimate of drug-likeness (QED) is 0.311. The molecule has 0 aliphatic heterocycles. The highest BCUT2D eigenvalue weighted by Crippen LogP contribution is 2.34. The van der Waals surface area contributed by atoms with Crippen molar-refractivity contribution in [3.8, 4) is 34.0 Å². The van der Waals surface area contributed by atoms with E-state index in [2.05, 4.69) is 19.9 Å². The Bertz CT molecular complexity index is 1320. The summed E-state index contributed by atoms with van der Waals surface area (Å²) in [7, 11) is 0. The molecule has 0 radical (unpaired) electrons. The Hall–Kier alpha value is -2.79. The number of nitrogens with zero attached hydrogens (tertiary/aromatic N) is 2. The molecular formula is C22H13Cl3N4. The number of aromatic nitrogens is 4. The Morgan fingerprint density at radius 3 is 2.21 bits per heavy atom. The molecule has 0 unspecified atom stereocenters. The fraction of sp³-hybridized carbons (Fsp3) is 0. The molecule has 2 heterocycles. The Morgan fingerprint density at radius 1 is 0.724 bits per heavy atom. The average Bonchev–Trinajstić information content (AvgIpc) is 3.35. The molecular weight excluding hydrogens is 427 g/mol. The van der Waals surface area contributed by atoms with Crippen molar-refractivity contribution in [2.45, 2.75) is 0 Å². The third-order valence-electron chi connectivity index (χ3n) is 4.69. The topological polar surface area (TPSA) is 57.4 Å². The fourth-order valence-electron chi connectivity index (χ4n) is 3.24. The molecule has 2 N–H and O–H groups in total. The predicted molar refractivity (Wildman–Crippen MR) is 120 cm³/mol. The van der Waals surface area contributed by atoms with Crippen LogP contribution in [0.1, 0.15) is 0 Å². The Morgan fingerprint density at radius 2 is 1.45 bits per heavy atom. The van der Waals surface area contributed by atoms with E-state index in [1.165, 1.54) is 0 Å². The maximum atomic E-state index is 6.32. The molecule has 0 aliphatic carbocycles. The smallest absolute Gasteiger partial charge is 0.141 e. The van der Waals surface area contributed by atoms with Gasteiger partial charge in [0.2, 0.25) is 0 Å². The van der Waals surface area contributed by atoms with Gasteiger partial charge >= 0.3 is 0 Å². The second-order valence-electron chi connectivity index (χ2n) is 6.57. The van der Waals surface area contributed by atoms with Crippen LogP contribution in [-0.4, -0.2) is 19.9 Å². The van der Waals surface area contributed by atoms with Gasteiger partial charge < -0.3 is 9.97 Å². The van der Waals surface area contributed by atoms with Crippen LogP contribution in [0.4, 0.5) is 0 Å². The van der Waals surface area contributed by atoms with E-state index >= 15 is 0 Å². The van der Waals surface area contributed by atoms with E-state index < -0.39 is 0 Å². The number of aromatic amines is 2. The number of hydrogen-bond acceptors (Lipinski definition) is 2. The Kier molecular flexibility index (Phi) is 4.55. The molecule has 3 aromatic carbocycles. The van der Waals surface area contributed by atoms with Gasteiger partial charge in [0.1, 0.15) is 11.6 Å². The monoisotopic (exact) mass is 438 g/mol. The fourth-order valence-corrected chi connectivity index (χ4v) is 3.95. The van der Waals surface area contributed by atoms with E-state index in [0.29, 0.717) is 26.5 Å². The first-order valence-electron chi connectivity index (χ1n) is 8.84. The van der Waals surface area contributed by atoms with Crippen LogP contribution in [0.3, 0.4) is 0 Å². The molecule has 0 bridgehead atoms. The van der Waals surface area contributed by atoms with Crippen molar-refractivity contribution in [3.05, 3.63) is 81.9 Å². The van der Waals surface area contributed by atoms with Gasteiger partial charge in [-0.25, -0.2) is 9.97 Å². The van der Waals surface area contributed by atoms with Crippen molar-refractivity contribution in [1.29, 1.82) is 0 Å². The summed E-state index contributed by atoms with van der Waals surface area (Å²) < 4.78 is 0. The second kappa shape index (κ2) is 7.23. The molecule has 0 amide bonds. The lowest BCUT2D eigenvalue weighted by Crippen LogP contribution is -1.83. The number of fused-ring (bicyclic) bond motifs is 1. The highest BCUT2D eigenvalue weighted by molar-refractivity contribution is 6.39. The first kappa shape index (κ1) is 18.3. The van der Waals surface area contributed by atoms with E-state index in [4.69, 9.17) is 34.8 Å². The highest BCUT2D eigenvalue weighted by atomic mass is 35.5. The van der Waals surface area contributed by atoms with Crippen LogP contribution in [-0.2, 0) is 0 Å². The number of benzene rings is 3. The lowest BCUT2D eigenvalue weighted by molar-refractivity contribution is 1.31. The maximum absolute atomic E-state index is 6.32. The zero-order valence-corrected chi connectivity index (χ0v) is 17.1. The third kappa shape index (κ3) is 3.40. The summed E-state index contributed by atoms with van der Waals surface area (Å²) >= 11 is 18.6. The SMILES string of the molecule is Clc1ccc(-c2cnc(-c3ccc4nc(-c5c(Cl)cccc5Cl)[nH]c4c3)[nH]2)cc1. The number of nitrogens with one attached hydrogen (secondary N) is 2. The molecule has 0 aliphatic rings. The molecule has 29 heavy (non-hydrogen) atoms. The van der Waals surface area contributed by atoms with Crippen molar-refractivity contribution < 1.29 is 0 Å². The van der Waals surface area contributed by atoms with Crippen molar-refractivity contribution in [3.63, 3.8) is 0 Å². The van der Waals surface area contributed by atoms with Crippen molar-refractivity contribution in [2.75, 3.05) is 0 Å². The first-order chi connectivity index (χ1) is 14.1. The van der Waals surface area contributed by atoms with Gasteiger partial charge in [0.05, 0.1) is 38.5 Å². The Balaban J connectivity index is 1.53. The van der Waals surface area contributed by atoms with Crippen molar-refractivity contribution in [1.82, 2.24) is 19.9 Å². The van der Waals surface area contributed by atoms with Gasteiger partial charge in [-0.15, -0.1) is 0 Å². The molecule has 142 valence electrons. The van der Waals surface area contributed by atoms with E-state index in [-0.39, 0.29) is 0 Å². The molecule has 7 heteroatoms. The van der Waals surface area contributed by atoms with Crippen LogP contribution in [0, 0.1) is 0 Å². The lowest BCUT2D eigenvalue weighted by Gasteiger charge is -2.02. The molecule has 5 rings (SSSR count). The van der Waals surface area contributed by atoms with Crippen LogP contribution in [0.15, 0.2) is 66.9 Å². The summed E-state index contributed by atoms with van der Waals surface area (Å²) in [5.74, 6) is 1.40. The first-order valence-corrected chi connectivity index (χ1v) is 9.97. The maximum Gasteiger partial charge on any atom is 0.141 e. The van der Waals surface area contributed by atoms with Gasteiger partial charge in [-0.05, 0) is 48.0 Å². The molecule has 2 aromatic heterocycles. The van der Waals surface area contributed by atoms with Gasteiger partial charge in [-0.1, -0.05) is 53.0 Å². The van der Waals surface area contributed by atoms with E-state index in [9.17, 15) is 0 Å². The van der Waals surface area contributed by atoms with Crippen LogP contribution in [0.5, 0.6) is 0 Å². The number of imidazole rings is 2. The van der Waals surface area contributed by atoms with Crippen LogP contribution >= 0.6 is 34.8 Å². The van der Waals surface area contributed by atoms with E-state index in [1.807, 2.05) is 54.7 Å². The molecule has 0 spiro atoms. The lowest BCUT2D eigenvalue weighted by atomic mass is 10.2. The number of rotatable bonds is 3. The number of halogens is 3. The van der Waals surface area contributed by atoms with E-state index in [0.717, 1.165) is 33.7 Å². The van der Waals surface area contributed by atoms with Gasteiger partial charge in [0.25, 0.3) is 0 Å². The third-order valence-corrected chi connectivity index (χ3v) is 5.57. The normalized spacial score (nSPS) is 11.3. The number of hydrogen-bond donors (Lipinski definition) is 2. The zero-order valence-electron chi connectivity index (χ0n) is 14.9. The summed E-state index contributed by atoms with van der Waals surface area (Å²) in [5.41, 5.74) is 5.27. The molecule has 0 saturated carbocycles. The van der Waals surface area contributed by atoms with Crippen molar-refractivity contribution >= 4 is 45.8 Å². The highest BCUT2D eigenvalue weighted by Gasteiger charge is 2.14. The zero-order chi connectivity index (χ0) is 20.0. The minimum atomic E-state index is 0.551. The molecule has 0 fully saturated rings. The standard InChI is InChI=1S/C22H13Cl3N4/c23-14-7-4-12(5-8-14)19-11-26-21(29-19)13-6-9-17-18(10-13)28-22(27-17)20-15(24)2-1-3-16(20)25/h1-11H,(H,26,29)(H,27,28). The summed E-state index contributed by atoms with van der Waals surface area (Å²) in [6.45, 7) is 0. The Labute approximate surface area is 181 Å². The molecule has 0 saturated heterocycles. The summed E-state index contributed by atoms with van der Waals surface area (Å²) in [6, 6.07) is 18.9. The van der Waals surface area contributed by atoms with Gasteiger partial charge in [0, 0.05) is 10.6 Å². The van der Waals surface area contributed by atoms with Crippen LogP contribution in [0.2, 0.25) is 15.1 Å². The van der Waals surface area contributed by atoms with Gasteiger partial charge in [0.15, 0.2) is 0 Å². The summed E-state index contributed by atoms with van der Waals surface area (Å²) in [6.07, 6.45) is 1.81. The van der Waals surface area contributed by atoms with Crippen LogP contribution < -0.4 is 0 Å². The second-order valence-corrected chi connectivity index (χ2v) is 7.82. The minimum absolute atomic E-state index is 0.551. The molecule has 5 aromatic rings. The van der Waals surface area contributed by atoms with Crippen LogP contribution in [0.25, 0.3) is 45.1 Å². The largest absolute Gasteiger partial charge is 0.338 e. The molecule has 4 nitrogen and oxygen atoms in total. The predicted octanol–water partition coefficient (Wildman–Crippen LogP) is 7.25. The summed E-state index contributed by atoms with van der Waals surface area (Å²) in [4.78, 5) is 15.8. The van der Waals surface area contributed by atoms with Gasteiger partial charge in [-0.2, -0.15) is 0 Å². The van der Waals surface area contributed by atoms with Gasteiger partial charge in [-0.3, -0.25) is 0 Å². The van der Waals surface area contributed by atoms with E-state index in [1.54, 1.807) is 12.1 Å². The van der Waals surface area contributed by atoms with Crippen molar-refractivity contribution in [2.24, 2.45) is 0 Å². The molecule has 0 atom stereocenters. The number of H-pyrrole nitrogens is 2. The summed E-state index contributed by atoms with van der Waals surface area (Å²) in [5, 5.41) is 1.80.